The Kier molecular flexibility index (Phi) is 5.60. The number of hydrogen-bond donors (Lipinski definition) is 0. The molecule has 2 aromatic heterocycles. The van der Waals surface area contributed by atoms with Gasteiger partial charge in [-0.1, -0.05) is 121 Å². The second kappa shape index (κ2) is 9.72. The van der Waals surface area contributed by atoms with Crippen LogP contribution in [0.2, 0.25) is 0 Å². The molecule has 194 valence electrons. The molecule has 0 radical (unpaired) electrons. The molecule has 0 spiro atoms. The summed E-state index contributed by atoms with van der Waals surface area (Å²) in [6.45, 7) is 0. The van der Waals surface area contributed by atoms with Crippen molar-refractivity contribution in [3.8, 4) is 39.3 Å². The fourth-order valence-corrected chi connectivity index (χ4v) is 6.21. The minimum atomic E-state index is 0.695. The average molecular weight is 526 g/mol. The molecule has 0 saturated carbocycles. The van der Waals surface area contributed by atoms with Gasteiger partial charge in [-0.3, -0.25) is 4.57 Å². The van der Waals surface area contributed by atoms with Crippen molar-refractivity contribution in [1.82, 2.24) is 14.5 Å². The van der Waals surface area contributed by atoms with Gasteiger partial charge in [0.1, 0.15) is 0 Å². The molecule has 0 amide bonds. The largest absolute Gasteiger partial charge is 0.277 e. The van der Waals surface area contributed by atoms with Gasteiger partial charge < -0.3 is 0 Å². The Hall–Kier alpha value is -5.28. The summed E-state index contributed by atoms with van der Waals surface area (Å²) in [4.78, 5) is 9.82. The lowest BCUT2D eigenvalue weighted by molar-refractivity contribution is 0.969. The number of benzene rings is 5. The van der Waals surface area contributed by atoms with E-state index in [2.05, 4.69) is 132 Å². The van der Waals surface area contributed by atoms with Crippen LogP contribution in [0.15, 0.2) is 134 Å². The number of hydrogen-bond acceptors (Lipinski definition) is 2. The zero-order valence-corrected chi connectivity index (χ0v) is 22.5. The molecule has 7 aromatic rings. The summed E-state index contributed by atoms with van der Waals surface area (Å²) in [6.07, 6.45) is 10.6. The molecule has 1 aliphatic carbocycles. The van der Waals surface area contributed by atoms with Gasteiger partial charge in [0.05, 0.1) is 11.0 Å². The van der Waals surface area contributed by atoms with E-state index in [1.807, 2.05) is 12.4 Å². The molecular weight excluding hydrogens is 498 g/mol. The lowest BCUT2D eigenvalue weighted by Gasteiger charge is -2.14. The van der Waals surface area contributed by atoms with Gasteiger partial charge in [0.15, 0.2) is 0 Å². The van der Waals surface area contributed by atoms with Crippen molar-refractivity contribution in [3.63, 3.8) is 0 Å². The lowest BCUT2D eigenvalue weighted by atomic mass is 9.94. The summed E-state index contributed by atoms with van der Waals surface area (Å²) in [5, 5.41) is 2.47. The summed E-state index contributed by atoms with van der Waals surface area (Å²) in [5.41, 5.74) is 11.9. The van der Waals surface area contributed by atoms with Crippen LogP contribution in [0.3, 0.4) is 0 Å². The van der Waals surface area contributed by atoms with E-state index in [-0.39, 0.29) is 0 Å². The topological polar surface area (TPSA) is 30.7 Å². The summed E-state index contributed by atoms with van der Waals surface area (Å²) < 4.78 is 2.23. The first-order valence-corrected chi connectivity index (χ1v) is 14.1. The highest BCUT2D eigenvalue weighted by molar-refractivity contribution is 6.11. The Morgan fingerprint density at radius 3 is 1.98 bits per heavy atom. The van der Waals surface area contributed by atoms with E-state index in [9.17, 15) is 0 Å². The van der Waals surface area contributed by atoms with Gasteiger partial charge >= 0.3 is 0 Å². The van der Waals surface area contributed by atoms with Crippen LogP contribution < -0.4 is 0 Å². The van der Waals surface area contributed by atoms with Crippen molar-refractivity contribution in [1.29, 1.82) is 0 Å². The Morgan fingerprint density at radius 2 is 1.20 bits per heavy atom. The van der Waals surface area contributed by atoms with E-state index < -0.39 is 0 Å². The molecule has 0 bridgehead atoms. The third-order valence-electron chi connectivity index (χ3n) is 8.21. The van der Waals surface area contributed by atoms with E-state index in [0.717, 1.165) is 29.5 Å². The van der Waals surface area contributed by atoms with Gasteiger partial charge in [-0.15, -0.1) is 0 Å². The second-order valence-corrected chi connectivity index (χ2v) is 10.6. The molecule has 0 fully saturated rings. The highest BCUT2D eigenvalue weighted by atomic mass is 15.1. The first kappa shape index (κ1) is 23.6. The van der Waals surface area contributed by atoms with Crippen LogP contribution in [0.5, 0.6) is 0 Å². The first-order valence-electron chi connectivity index (χ1n) is 14.1. The zero-order chi connectivity index (χ0) is 27.2. The van der Waals surface area contributed by atoms with Gasteiger partial charge in [-0.05, 0) is 52.3 Å². The summed E-state index contributed by atoms with van der Waals surface area (Å²) >= 11 is 0. The number of aryl methyl sites for hydroxylation is 1. The van der Waals surface area contributed by atoms with Gasteiger partial charge in [0.2, 0.25) is 5.95 Å². The quantitative estimate of drug-likeness (QED) is 0.229. The fraction of sp³-hybridized carbons (Fsp3) is 0.0526. The van der Waals surface area contributed by atoms with E-state index in [1.165, 1.54) is 49.7 Å². The molecule has 1 aliphatic rings. The minimum Gasteiger partial charge on any atom is -0.277 e. The molecule has 5 aromatic carbocycles. The third-order valence-corrected chi connectivity index (χ3v) is 8.21. The summed E-state index contributed by atoms with van der Waals surface area (Å²) in [5.74, 6) is 0.695. The van der Waals surface area contributed by atoms with Crippen LogP contribution in [-0.2, 0) is 6.42 Å². The maximum atomic E-state index is 4.91. The standard InChI is InChI=1S/C38H27N3/c1-2-10-27(11-3-1)31-13-6-7-14-32(31)29-20-18-26(19-21-29)30-24-39-38(40-25-30)41-36-17-9-8-16-34(36)35-23-22-28-12-4-5-15-33(28)37(35)41/h1-3,5-11,13-25H,4,12H2. The molecule has 3 nitrogen and oxygen atoms in total. The summed E-state index contributed by atoms with van der Waals surface area (Å²) in [7, 11) is 0. The number of fused-ring (bicyclic) bond motifs is 5. The maximum absolute atomic E-state index is 4.91. The van der Waals surface area contributed by atoms with Crippen LogP contribution in [0.1, 0.15) is 17.5 Å². The van der Waals surface area contributed by atoms with Crippen molar-refractivity contribution in [3.05, 3.63) is 145 Å². The number of rotatable bonds is 4. The predicted molar refractivity (Wildman–Crippen MR) is 170 cm³/mol. The van der Waals surface area contributed by atoms with Crippen molar-refractivity contribution >= 4 is 27.9 Å². The normalized spacial score (nSPS) is 12.6. The van der Waals surface area contributed by atoms with Crippen LogP contribution in [-0.4, -0.2) is 14.5 Å². The highest BCUT2D eigenvalue weighted by Gasteiger charge is 2.19. The van der Waals surface area contributed by atoms with Crippen LogP contribution in [0.25, 0.3) is 67.2 Å². The van der Waals surface area contributed by atoms with Gasteiger partial charge in [0.25, 0.3) is 0 Å². The van der Waals surface area contributed by atoms with Crippen LogP contribution in [0.4, 0.5) is 0 Å². The fourth-order valence-electron chi connectivity index (χ4n) is 6.21. The average Bonchev–Trinajstić information content (AvgIpc) is 3.40. The first-order chi connectivity index (χ1) is 20.3. The minimum absolute atomic E-state index is 0.695. The second-order valence-electron chi connectivity index (χ2n) is 10.6. The molecular formula is C38H27N3. The molecule has 8 rings (SSSR count). The van der Waals surface area contributed by atoms with Gasteiger partial charge in [-0.2, -0.15) is 0 Å². The highest BCUT2D eigenvalue weighted by Crippen LogP contribution is 2.37. The van der Waals surface area contributed by atoms with E-state index >= 15 is 0 Å². The molecule has 0 N–H and O–H groups in total. The van der Waals surface area contributed by atoms with E-state index in [0.29, 0.717) is 5.95 Å². The SMILES string of the molecule is C1=Cc2c(ccc3c4ccccc4n(-c4ncc(-c5ccc(-c6ccccc6-c6ccccc6)cc5)cn4)c23)CC1. The van der Waals surface area contributed by atoms with Gasteiger partial charge in [0, 0.05) is 34.3 Å². The third kappa shape index (κ3) is 3.97. The lowest BCUT2D eigenvalue weighted by Crippen LogP contribution is -2.03. The van der Waals surface area contributed by atoms with E-state index in [1.54, 1.807) is 0 Å². The number of aromatic nitrogens is 3. The number of allylic oxidation sites excluding steroid dienone is 1. The number of nitrogens with zero attached hydrogens (tertiary/aromatic N) is 3. The molecule has 0 aliphatic heterocycles. The number of para-hydroxylation sites is 1. The predicted octanol–water partition coefficient (Wildman–Crippen LogP) is 9.53. The maximum Gasteiger partial charge on any atom is 0.234 e. The Balaban J connectivity index is 1.18. The Bertz CT molecular complexity index is 2070. The van der Waals surface area contributed by atoms with Crippen molar-refractivity contribution in [2.24, 2.45) is 0 Å². The van der Waals surface area contributed by atoms with Crippen LogP contribution in [0, 0.1) is 0 Å². The zero-order valence-electron chi connectivity index (χ0n) is 22.5. The Labute approximate surface area is 239 Å². The molecule has 3 heteroatoms. The van der Waals surface area contributed by atoms with Crippen molar-refractivity contribution in [2.45, 2.75) is 12.8 Å². The Morgan fingerprint density at radius 1 is 0.537 bits per heavy atom. The smallest absolute Gasteiger partial charge is 0.234 e. The van der Waals surface area contributed by atoms with Crippen molar-refractivity contribution < 1.29 is 0 Å². The monoisotopic (exact) mass is 525 g/mol. The van der Waals surface area contributed by atoms with Crippen molar-refractivity contribution in [2.75, 3.05) is 0 Å². The molecule has 0 saturated heterocycles. The molecule has 0 atom stereocenters. The van der Waals surface area contributed by atoms with Crippen LogP contribution >= 0.6 is 0 Å². The molecule has 2 heterocycles. The summed E-state index contributed by atoms with van der Waals surface area (Å²) in [6, 6.07) is 40.9. The van der Waals surface area contributed by atoms with Gasteiger partial charge in [-0.25, -0.2) is 9.97 Å². The van der Waals surface area contributed by atoms with E-state index in [4.69, 9.17) is 9.97 Å². The molecule has 41 heavy (non-hydrogen) atoms. The molecule has 0 unspecified atom stereocenters.